The SMILES string of the molecule is Cn1cc(-c2cnn3c(N)c(Br)c(C4CCN(C(=O)OC(C)(C)C)C4)nc23)cn1. The number of likely N-dealkylation sites (tertiary alicyclic amines) is 1. The molecule has 154 valence electrons. The van der Waals surface area contributed by atoms with E-state index in [1.807, 2.05) is 34.0 Å². The van der Waals surface area contributed by atoms with E-state index in [2.05, 4.69) is 26.1 Å². The topological polar surface area (TPSA) is 104 Å². The second-order valence-corrected chi connectivity index (χ2v) is 9.10. The highest BCUT2D eigenvalue weighted by Crippen LogP contribution is 2.36. The Morgan fingerprint density at radius 1 is 1.31 bits per heavy atom. The Bertz CT molecular complexity index is 1080. The Kier molecular flexibility index (Phi) is 4.76. The molecule has 1 fully saturated rings. The summed E-state index contributed by atoms with van der Waals surface area (Å²) in [6.45, 7) is 6.75. The van der Waals surface area contributed by atoms with Crippen LogP contribution in [0.1, 0.15) is 38.8 Å². The Hall–Kier alpha value is -2.62. The molecule has 4 heterocycles. The van der Waals surface area contributed by atoms with E-state index in [0.29, 0.717) is 29.0 Å². The van der Waals surface area contributed by atoms with E-state index >= 15 is 0 Å². The monoisotopic (exact) mass is 461 g/mol. The number of carbonyl (C=O) groups is 1. The molecule has 1 atom stereocenters. The second kappa shape index (κ2) is 7.01. The van der Waals surface area contributed by atoms with Gasteiger partial charge in [0, 0.05) is 43.4 Å². The molecule has 0 aliphatic carbocycles. The van der Waals surface area contributed by atoms with E-state index in [1.165, 1.54) is 0 Å². The smallest absolute Gasteiger partial charge is 0.410 e. The summed E-state index contributed by atoms with van der Waals surface area (Å²) >= 11 is 3.59. The van der Waals surface area contributed by atoms with Crippen LogP contribution in [-0.2, 0) is 11.8 Å². The van der Waals surface area contributed by atoms with Gasteiger partial charge in [-0.05, 0) is 43.1 Å². The number of carbonyl (C=O) groups excluding carboxylic acids is 1. The first-order valence-electron chi connectivity index (χ1n) is 9.43. The van der Waals surface area contributed by atoms with Crippen LogP contribution in [0, 0.1) is 0 Å². The molecule has 3 aromatic heterocycles. The average Bonchev–Trinajstić information content (AvgIpc) is 3.35. The fraction of sp³-hybridized carbons (Fsp3) is 0.474. The fourth-order valence-corrected chi connectivity index (χ4v) is 4.10. The molecule has 1 aliphatic rings. The third kappa shape index (κ3) is 3.68. The Labute approximate surface area is 177 Å². The van der Waals surface area contributed by atoms with Gasteiger partial charge in [-0.1, -0.05) is 0 Å². The lowest BCUT2D eigenvalue weighted by atomic mass is 10.0. The number of nitrogen functional groups attached to an aromatic ring is 1. The van der Waals surface area contributed by atoms with Gasteiger partial charge in [0.2, 0.25) is 0 Å². The van der Waals surface area contributed by atoms with Crippen LogP contribution in [0.5, 0.6) is 0 Å². The highest BCUT2D eigenvalue weighted by atomic mass is 79.9. The third-order valence-electron chi connectivity index (χ3n) is 4.89. The zero-order valence-corrected chi connectivity index (χ0v) is 18.5. The fourth-order valence-electron chi connectivity index (χ4n) is 3.52. The van der Waals surface area contributed by atoms with Gasteiger partial charge in [-0.25, -0.2) is 9.78 Å². The van der Waals surface area contributed by atoms with Crippen molar-refractivity contribution in [2.24, 2.45) is 7.05 Å². The van der Waals surface area contributed by atoms with Gasteiger partial charge in [0.05, 0.1) is 22.6 Å². The first-order valence-corrected chi connectivity index (χ1v) is 10.2. The summed E-state index contributed by atoms with van der Waals surface area (Å²) in [4.78, 5) is 19.0. The first kappa shape index (κ1) is 19.7. The summed E-state index contributed by atoms with van der Waals surface area (Å²) < 4.78 is 9.57. The van der Waals surface area contributed by atoms with Gasteiger partial charge < -0.3 is 15.4 Å². The predicted molar refractivity (Wildman–Crippen MR) is 112 cm³/mol. The van der Waals surface area contributed by atoms with E-state index < -0.39 is 5.60 Å². The van der Waals surface area contributed by atoms with E-state index in [4.69, 9.17) is 15.5 Å². The molecule has 1 amide bonds. The number of hydrogen-bond acceptors (Lipinski definition) is 6. The maximum atomic E-state index is 12.4. The van der Waals surface area contributed by atoms with Crippen molar-refractivity contribution < 1.29 is 9.53 Å². The van der Waals surface area contributed by atoms with Gasteiger partial charge in [0.1, 0.15) is 11.4 Å². The van der Waals surface area contributed by atoms with Crippen molar-refractivity contribution in [1.82, 2.24) is 29.3 Å². The van der Waals surface area contributed by atoms with Crippen molar-refractivity contribution in [2.45, 2.75) is 38.7 Å². The minimum absolute atomic E-state index is 0.0563. The van der Waals surface area contributed by atoms with Gasteiger partial charge in [-0.2, -0.15) is 14.7 Å². The zero-order chi connectivity index (χ0) is 20.9. The average molecular weight is 462 g/mol. The summed E-state index contributed by atoms with van der Waals surface area (Å²) in [6.07, 6.45) is 5.92. The zero-order valence-electron chi connectivity index (χ0n) is 16.9. The maximum Gasteiger partial charge on any atom is 0.410 e. The number of ether oxygens (including phenoxy) is 1. The molecule has 0 spiro atoms. The van der Waals surface area contributed by atoms with Crippen molar-refractivity contribution >= 4 is 33.5 Å². The number of hydrogen-bond donors (Lipinski definition) is 1. The van der Waals surface area contributed by atoms with Crippen LogP contribution in [-0.4, -0.2) is 54.1 Å². The van der Waals surface area contributed by atoms with Crippen LogP contribution in [0.2, 0.25) is 0 Å². The molecule has 4 rings (SSSR count). The summed E-state index contributed by atoms with van der Waals surface area (Å²) in [5.41, 5.74) is 9.11. The normalized spacial score (nSPS) is 17.3. The number of fused-ring (bicyclic) bond motifs is 1. The quantitative estimate of drug-likeness (QED) is 0.628. The number of anilines is 1. The molecule has 10 heteroatoms. The van der Waals surface area contributed by atoms with Gasteiger partial charge in [0.15, 0.2) is 5.65 Å². The standard InChI is InChI=1S/C19H24BrN7O2/c1-19(2,3)29-18(28)26-6-5-11(10-26)15-14(20)16(21)27-17(24-15)13(8-23-27)12-7-22-25(4)9-12/h7-9,11H,5-6,10,21H2,1-4H3. The Balaban J connectivity index is 1.68. The minimum atomic E-state index is -0.520. The first-order chi connectivity index (χ1) is 13.6. The molecule has 1 unspecified atom stereocenters. The minimum Gasteiger partial charge on any atom is -0.444 e. The predicted octanol–water partition coefficient (Wildman–Crippen LogP) is 3.20. The summed E-state index contributed by atoms with van der Waals surface area (Å²) in [7, 11) is 1.86. The lowest BCUT2D eigenvalue weighted by Crippen LogP contribution is -2.35. The van der Waals surface area contributed by atoms with Gasteiger partial charge in [-0.3, -0.25) is 4.68 Å². The number of aromatic nitrogens is 5. The Morgan fingerprint density at radius 2 is 2.07 bits per heavy atom. The van der Waals surface area contributed by atoms with E-state index in [-0.39, 0.29) is 12.0 Å². The van der Waals surface area contributed by atoms with Gasteiger partial charge in [0.25, 0.3) is 0 Å². The van der Waals surface area contributed by atoms with E-state index in [1.54, 1.807) is 26.5 Å². The van der Waals surface area contributed by atoms with Crippen molar-refractivity contribution in [3.63, 3.8) is 0 Å². The van der Waals surface area contributed by atoms with Crippen LogP contribution in [0.4, 0.5) is 10.6 Å². The molecule has 0 bridgehead atoms. The van der Waals surface area contributed by atoms with Gasteiger partial charge >= 0.3 is 6.09 Å². The molecule has 1 aliphatic heterocycles. The molecule has 9 nitrogen and oxygen atoms in total. The van der Waals surface area contributed by atoms with Crippen molar-refractivity contribution in [3.05, 3.63) is 28.8 Å². The van der Waals surface area contributed by atoms with Crippen LogP contribution < -0.4 is 5.73 Å². The molecule has 0 aromatic carbocycles. The summed E-state index contributed by atoms with van der Waals surface area (Å²) in [5, 5.41) is 8.62. The van der Waals surface area contributed by atoms with Crippen LogP contribution >= 0.6 is 15.9 Å². The largest absolute Gasteiger partial charge is 0.444 e. The molecule has 1 saturated heterocycles. The Morgan fingerprint density at radius 3 is 2.72 bits per heavy atom. The molecule has 2 N–H and O–H groups in total. The number of nitrogens with two attached hydrogens (primary N) is 1. The number of nitrogens with zero attached hydrogens (tertiary/aromatic N) is 6. The number of aryl methyl sites for hydroxylation is 1. The molecular formula is C19H24BrN7O2. The number of halogens is 1. The highest BCUT2D eigenvalue weighted by Gasteiger charge is 2.33. The highest BCUT2D eigenvalue weighted by molar-refractivity contribution is 9.10. The van der Waals surface area contributed by atoms with E-state index in [9.17, 15) is 4.79 Å². The molecule has 29 heavy (non-hydrogen) atoms. The van der Waals surface area contributed by atoms with Crippen molar-refractivity contribution in [3.8, 4) is 11.1 Å². The maximum absolute atomic E-state index is 12.4. The van der Waals surface area contributed by atoms with Crippen LogP contribution in [0.25, 0.3) is 16.8 Å². The van der Waals surface area contributed by atoms with Crippen LogP contribution in [0.15, 0.2) is 23.1 Å². The summed E-state index contributed by atoms with van der Waals surface area (Å²) in [6, 6.07) is 0. The lowest BCUT2D eigenvalue weighted by molar-refractivity contribution is 0.0292. The molecule has 3 aromatic rings. The van der Waals surface area contributed by atoms with Crippen LogP contribution in [0.3, 0.4) is 0 Å². The second-order valence-electron chi connectivity index (χ2n) is 8.30. The molecular weight excluding hydrogens is 438 g/mol. The number of amides is 1. The van der Waals surface area contributed by atoms with Crippen molar-refractivity contribution in [2.75, 3.05) is 18.8 Å². The molecule has 0 radical (unpaired) electrons. The number of rotatable bonds is 2. The third-order valence-corrected chi connectivity index (χ3v) is 5.70. The van der Waals surface area contributed by atoms with Crippen molar-refractivity contribution in [1.29, 1.82) is 0 Å². The lowest BCUT2D eigenvalue weighted by Gasteiger charge is -2.24. The van der Waals surface area contributed by atoms with E-state index in [0.717, 1.165) is 23.2 Å². The van der Waals surface area contributed by atoms with Gasteiger partial charge in [-0.15, -0.1) is 0 Å². The molecule has 0 saturated carbocycles. The summed E-state index contributed by atoms with van der Waals surface area (Å²) in [5.74, 6) is 0.539.